The van der Waals surface area contributed by atoms with E-state index in [9.17, 15) is 9.90 Å². The van der Waals surface area contributed by atoms with Gasteiger partial charge in [-0.15, -0.1) is 0 Å². The molecule has 2 N–H and O–H groups in total. The van der Waals surface area contributed by atoms with Gasteiger partial charge in [0.2, 0.25) is 0 Å². The summed E-state index contributed by atoms with van der Waals surface area (Å²) in [6.07, 6.45) is 2.52. The number of aryl methyl sites for hydroxylation is 1. The van der Waals surface area contributed by atoms with Crippen molar-refractivity contribution >= 4 is 28.4 Å². The Kier molecular flexibility index (Phi) is 3.91. The third-order valence-corrected chi connectivity index (χ3v) is 4.79. The van der Waals surface area contributed by atoms with Gasteiger partial charge in [-0.05, 0) is 18.9 Å². The van der Waals surface area contributed by atoms with Gasteiger partial charge in [0.1, 0.15) is 5.69 Å². The molecule has 1 heterocycles. The largest absolute Gasteiger partial charge is 0.393 e. The maximum Gasteiger partial charge on any atom is 0.269 e. The van der Waals surface area contributed by atoms with Crippen LogP contribution in [-0.2, 0) is 7.05 Å². The molecule has 1 aliphatic rings. The number of benzene rings is 1. The Balaban J connectivity index is 1.81. The lowest BCUT2D eigenvalue weighted by molar-refractivity contribution is 0.0909. The molecule has 1 aromatic carbocycles. The minimum Gasteiger partial charge on any atom is -0.393 e. The second kappa shape index (κ2) is 5.70. The summed E-state index contributed by atoms with van der Waals surface area (Å²) in [6, 6.07) is 7.69. The second-order valence-electron chi connectivity index (χ2n) is 5.71. The van der Waals surface area contributed by atoms with E-state index >= 15 is 0 Å². The SMILES string of the molecule is Cn1c(C(=O)NCC2CCCC2O)c(Cl)c2ccccc21. The van der Waals surface area contributed by atoms with Gasteiger partial charge in [0.25, 0.3) is 5.91 Å². The molecule has 1 saturated carbocycles. The third kappa shape index (κ3) is 2.54. The third-order valence-electron chi connectivity index (χ3n) is 4.40. The zero-order valence-corrected chi connectivity index (χ0v) is 12.7. The van der Waals surface area contributed by atoms with Crippen LogP contribution in [0.5, 0.6) is 0 Å². The quantitative estimate of drug-likeness (QED) is 0.916. The van der Waals surface area contributed by atoms with Crippen molar-refractivity contribution in [1.82, 2.24) is 9.88 Å². The molecule has 0 aliphatic heterocycles. The van der Waals surface area contributed by atoms with Crippen LogP contribution in [0.15, 0.2) is 24.3 Å². The van der Waals surface area contributed by atoms with Crippen molar-refractivity contribution in [2.75, 3.05) is 6.54 Å². The first-order valence-corrected chi connectivity index (χ1v) is 7.66. The summed E-state index contributed by atoms with van der Waals surface area (Å²) in [7, 11) is 1.84. The van der Waals surface area contributed by atoms with Crippen LogP contribution in [0, 0.1) is 5.92 Å². The molecule has 112 valence electrons. The summed E-state index contributed by atoms with van der Waals surface area (Å²) in [4.78, 5) is 12.4. The van der Waals surface area contributed by atoms with Crippen LogP contribution in [0.25, 0.3) is 10.9 Å². The van der Waals surface area contributed by atoms with Gasteiger partial charge in [-0.25, -0.2) is 0 Å². The van der Waals surface area contributed by atoms with Crippen LogP contribution in [0.1, 0.15) is 29.8 Å². The van der Waals surface area contributed by atoms with Crippen LogP contribution in [0.2, 0.25) is 5.02 Å². The summed E-state index contributed by atoms with van der Waals surface area (Å²) >= 11 is 6.35. The molecule has 0 saturated heterocycles. The zero-order valence-electron chi connectivity index (χ0n) is 12.0. The van der Waals surface area contributed by atoms with Crippen LogP contribution in [-0.4, -0.2) is 28.2 Å². The number of aliphatic hydroxyl groups excluding tert-OH is 1. The monoisotopic (exact) mass is 306 g/mol. The molecule has 2 unspecified atom stereocenters. The van der Waals surface area contributed by atoms with Gasteiger partial charge < -0.3 is 15.0 Å². The predicted molar refractivity (Wildman–Crippen MR) is 83.6 cm³/mol. The minimum absolute atomic E-state index is 0.155. The number of fused-ring (bicyclic) bond motifs is 1. The molecule has 2 atom stereocenters. The molecule has 0 bridgehead atoms. The first kappa shape index (κ1) is 14.4. The topological polar surface area (TPSA) is 54.3 Å². The Hall–Kier alpha value is -1.52. The van der Waals surface area contributed by atoms with Gasteiger partial charge in [-0.3, -0.25) is 4.79 Å². The Morgan fingerprint density at radius 1 is 1.43 bits per heavy atom. The molecule has 5 heteroatoms. The van der Waals surface area contributed by atoms with E-state index in [2.05, 4.69) is 5.32 Å². The van der Waals surface area contributed by atoms with E-state index in [4.69, 9.17) is 11.6 Å². The lowest BCUT2D eigenvalue weighted by Gasteiger charge is -2.15. The van der Waals surface area contributed by atoms with Crippen LogP contribution < -0.4 is 5.32 Å². The van der Waals surface area contributed by atoms with Gasteiger partial charge in [0.05, 0.1) is 11.1 Å². The van der Waals surface area contributed by atoms with E-state index in [1.165, 1.54) is 0 Å². The van der Waals surface area contributed by atoms with Crippen molar-refractivity contribution in [2.24, 2.45) is 13.0 Å². The first-order chi connectivity index (χ1) is 10.1. The van der Waals surface area contributed by atoms with Crippen molar-refractivity contribution < 1.29 is 9.90 Å². The van der Waals surface area contributed by atoms with Gasteiger partial charge in [-0.1, -0.05) is 36.2 Å². The number of hydrogen-bond acceptors (Lipinski definition) is 2. The molecular weight excluding hydrogens is 288 g/mol. The molecule has 1 fully saturated rings. The van der Waals surface area contributed by atoms with E-state index in [1.807, 2.05) is 35.9 Å². The fourth-order valence-corrected chi connectivity index (χ4v) is 3.53. The van der Waals surface area contributed by atoms with Crippen LogP contribution in [0.4, 0.5) is 0 Å². The number of hydrogen-bond donors (Lipinski definition) is 2. The number of halogens is 1. The Bertz CT molecular complexity index is 641. The number of rotatable bonds is 3. The molecular formula is C16H19ClN2O2. The average Bonchev–Trinajstić information content (AvgIpc) is 3.00. The highest BCUT2D eigenvalue weighted by Gasteiger charge is 2.26. The van der Waals surface area contributed by atoms with Crippen molar-refractivity contribution in [2.45, 2.75) is 25.4 Å². The van der Waals surface area contributed by atoms with Crippen molar-refractivity contribution in [3.8, 4) is 0 Å². The second-order valence-corrected chi connectivity index (χ2v) is 6.09. The molecule has 1 aliphatic carbocycles. The number of para-hydroxylation sites is 1. The van der Waals surface area contributed by atoms with Crippen molar-refractivity contribution in [1.29, 1.82) is 0 Å². The van der Waals surface area contributed by atoms with Crippen molar-refractivity contribution in [3.63, 3.8) is 0 Å². The summed E-state index contributed by atoms with van der Waals surface area (Å²) in [5, 5.41) is 14.1. The number of amides is 1. The smallest absolute Gasteiger partial charge is 0.269 e. The molecule has 2 aromatic rings. The van der Waals surface area contributed by atoms with E-state index in [0.29, 0.717) is 17.3 Å². The maximum absolute atomic E-state index is 12.4. The van der Waals surface area contributed by atoms with Crippen LogP contribution >= 0.6 is 11.6 Å². The zero-order chi connectivity index (χ0) is 15.0. The Morgan fingerprint density at radius 3 is 2.86 bits per heavy atom. The normalized spacial score (nSPS) is 21.9. The van der Waals surface area contributed by atoms with E-state index < -0.39 is 0 Å². The molecule has 21 heavy (non-hydrogen) atoms. The number of carbonyl (C=O) groups is 1. The standard InChI is InChI=1S/C16H19ClN2O2/c1-19-12-7-3-2-6-11(12)14(17)15(19)16(21)18-9-10-5-4-8-13(10)20/h2-3,6-7,10,13,20H,4-5,8-9H2,1H3,(H,18,21). The Morgan fingerprint density at radius 2 is 2.19 bits per heavy atom. The van der Waals surface area contributed by atoms with E-state index in [1.54, 1.807) is 0 Å². The summed E-state index contributed by atoms with van der Waals surface area (Å²) < 4.78 is 1.82. The molecule has 1 amide bonds. The summed E-state index contributed by atoms with van der Waals surface area (Å²) in [5.41, 5.74) is 1.42. The maximum atomic E-state index is 12.4. The minimum atomic E-state index is -0.298. The first-order valence-electron chi connectivity index (χ1n) is 7.28. The van der Waals surface area contributed by atoms with Crippen LogP contribution in [0.3, 0.4) is 0 Å². The number of carbonyl (C=O) groups excluding carboxylic acids is 1. The van der Waals surface area contributed by atoms with E-state index in [-0.39, 0.29) is 17.9 Å². The van der Waals surface area contributed by atoms with Crippen molar-refractivity contribution in [3.05, 3.63) is 35.0 Å². The van der Waals surface area contributed by atoms with Gasteiger partial charge in [0, 0.05) is 30.4 Å². The summed E-state index contributed by atoms with van der Waals surface area (Å²) in [6.45, 7) is 0.498. The number of nitrogens with zero attached hydrogens (tertiary/aromatic N) is 1. The fourth-order valence-electron chi connectivity index (χ4n) is 3.16. The number of aromatic nitrogens is 1. The molecule has 4 nitrogen and oxygen atoms in total. The number of nitrogens with one attached hydrogen (secondary N) is 1. The molecule has 0 radical (unpaired) electrons. The molecule has 0 spiro atoms. The van der Waals surface area contributed by atoms with Gasteiger partial charge in [0.15, 0.2) is 0 Å². The number of aliphatic hydroxyl groups is 1. The van der Waals surface area contributed by atoms with Gasteiger partial charge in [-0.2, -0.15) is 0 Å². The highest BCUT2D eigenvalue weighted by atomic mass is 35.5. The molecule has 1 aromatic heterocycles. The predicted octanol–water partition coefficient (Wildman–Crippen LogP) is 2.72. The lowest BCUT2D eigenvalue weighted by atomic mass is 10.1. The summed E-state index contributed by atoms with van der Waals surface area (Å²) in [5.74, 6) is -0.0276. The van der Waals surface area contributed by atoms with Gasteiger partial charge >= 0.3 is 0 Å². The lowest BCUT2D eigenvalue weighted by Crippen LogP contribution is -2.33. The highest BCUT2D eigenvalue weighted by Crippen LogP contribution is 2.30. The average molecular weight is 307 g/mol. The van der Waals surface area contributed by atoms with E-state index in [0.717, 1.165) is 30.2 Å². The molecule has 3 rings (SSSR count). The fraction of sp³-hybridized carbons (Fsp3) is 0.438. The Labute approximate surface area is 128 Å². The highest BCUT2D eigenvalue weighted by molar-refractivity contribution is 6.38.